The molecule has 0 aliphatic rings. The number of hydrogen-bond acceptors (Lipinski definition) is 6. The van der Waals surface area contributed by atoms with Gasteiger partial charge in [-0.2, -0.15) is 4.72 Å². The first-order chi connectivity index (χ1) is 15.7. The second-order valence-electron chi connectivity index (χ2n) is 7.38. The van der Waals surface area contributed by atoms with Gasteiger partial charge in [0.15, 0.2) is 5.75 Å². The van der Waals surface area contributed by atoms with Crippen molar-refractivity contribution in [3.63, 3.8) is 0 Å². The Balaban J connectivity index is 2.12. The Morgan fingerprint density at radius 1 is 1.21 bits per heavy atom. The van der Waals surface area contributed by atoms with Crippen molar-refractivity contribution >= 4 is 26.0 Å². The van der Waals surface area contributed by atoms with Crippen molar-refractivity contribution < 1.29 is 35.1 Å². The molecule has 2 N–H and O–H groups in total. The molecule has 2 aromatic carbocycles. The van der Waals surface area contributed by atoms with Crippen molar-refractivity contribution in [1.82, 2.24) is 14.9 Å². The number of rotatable bonds is 7. The van der Waals surface area contributed by atoms with Gasteiger partial charge in [-0.3, -0.25) is 0 Å². The lowest BCUT2D eigenvalue weighted by atomic mass is 9.88. The van der Waals surface area contributed by atoms with E-state index < -0.39 is 56.5 Å². The normalized spacial score (nSPS) is 14.1. The van der Waals surface area contributed by atoms with Gasteiger partial charge in [-0.25, -0.2) is 22.7 Å². The third kappa shape index (κ3) is 5.67. The van der Waals surface area contributed by atoms with Gasteiger partial charge >= 0.3 is 12.1 Å². The minimum atomic E-state index is -5.17. The van der Waals surface area contributed by atoms with E-state index in [0.717, 1.165) is 12.1 Å². The Bertz CT molecular complexity index is 1370. The second kappa shape index (κ2) is 9.50. The Hall–Kier alpha value is -2.71. The number of ether oxygens (including phenoxy) is 1. The molecule has 0 saturated heterocycles. The predicted molar refractivity (Wildman–Crippen MR) is 115 cm³/mol. The summed E-state index contributed by atoms with van der Waals surface area (Å²) in [5, 5.41) is 5.64. The van der Waals surface area contributed by atoms with Crippen LogP contribution in [0.15, 0.2) is 48.9 Å². The van der Waals surface area contributed by atoms with Crippen LogP contribution >= 0.6 is 15.9 Å². The van der Waals surface area contributed by atoms with Crippen LogP contribution in [0, 0.1) is 19.7 Å². The number of hydrogen-bond donors (Lipinski definition) is 2. The maximum atomic E-state index is 14.8. The summed E-state index contributed by atoms with van der Waals surface area (Å²) in [7, 11) is -4.74. The lowest BCUT2D eigenvalue weighted by Gasteiger charge is -2.25. The summed E-state index contributed by atoms with van der Waals surface area (Å²) in [6.45, 7) is 4.81. The molecule has 0 unspecified atom stereocenters. The zero-order valence-corrected chi connectivity index (χ0v) is 20.2. The van der Waals surface area contributed by atoms with Gasteiger partial charge in [-0.05, 0) is 54.8 Å². The highest BCUT2D eigenvalue weighted by Gasteiger charge is 2.37. The molecule has 3 aromatic rings. The fourth-order valence-electron chi connectivity index (χ4n) is 3.41. The molecule has 1 aromatic heterocycles. The summed E-state index contributed by atoms with van der Waals surface area (Å²) in [6, 6.07) is 4.20. The highest BCUT2D eigenvalue weighted by Crippen LogP contribution is 2.37. The van der Waals surface area contributed by atoms with Crippen molar-refractivity contribution in [2.75, 3.05) is 0 Å². The molecule has 0 bridgehead atoms. The third-order valence-corrected chi connectivity index (χ3v) is 7.09. The van der Waals surface area contributed by atoms with E-state index in [4.69, 9.17) is 4.42 Å². The number of alkyl halides is 3. The molecule has 0 spiro atoms. The van der Waals surface area contributed by atoms with E-state index in [0.29, 0.717) is 11.1 Å². The number of aromatic amines is 1. The van der Waals surface area contributed by atoms with Gasteiger partial charge in [0.05, 0.1) is 0 Å². The van der Waals surface area contributed by atoms with Gasteiger partial charge in [0, 0.05) is 10.4 Å². The summed E-state index contributed by atoms with van der Waals surface area (Å²) in [6.07, 6.45) is -5.17. The van der Waals surface area contributed by atoms with Gasteiger partial charge in [0.1, 0.15) is 16.8 Å². The molecule has 8 nitrogen and oxygen atoms in total. The Morgan fingerprint density at radius 3 is 2.47 bits per heavy atom. The number of nitrogens with one attached hydrogen (secondary N) is 2. The molecule has 3 rings (SSSR count). The SMILES string of the molecule is Cc1ccc(F)c([C@@H](C)[C@H](NS(=O)(=O)c2ccc(Br)cc2OC(F)(F)F)c2n[nH]c(=O)o2)c1C. The number of sulfonamides is 1. The number of H-pyrrole nitrogens is 1. The molecule has 0 aliphatic carbocycles. The standard InChI is InChI=1S/C20H18BrF4N3O5S/c1-9-4-6-13(22)16(10(9)2)11(3)17(18-26-27-19(29)32-18)28-34(30,31)15-7-5-12(21)8-14(15)33-20(23,24)25/h4-8,11,17,28H,1-3H3,(H,27,29)/t11-,17+/m1/s1. The minimum absolute atomic E-state index is 0.112. The fraction of sp³-hybridized carbons (Fsp3) is 0.300. The maximum absolute atomic E-state index is 14.8. The molecule has 1 heterocycles. The van der Waals surface area contributed by atoms with Gasteiger partial charge in [-0.1, -0.05) is 28.9 Å². The van der Waals surface area contributed by atoms with Crippen LogP contribution in [-0.4, -0.2) is 25.0 Å². The zero-order valence-electron chi connectivity index (χ0n) is 17.8. The molecule has 0 saturated carbocycles. The molecule has 0 radical (unpaired) electrons. The van der Waals surface area contributed by atoms with Crippen molar-refractivity contribution in [1.29, 1.82) is 0 Å². The summed E-state index contributed by atoms with van der Waals surface area (Å²) in [4.78, 5) is 10.7. The molecule has 0 fully saturated rings. The number of halogens is 5. The molecule has 184 valence electrons. The number of aromatic nitrogens is 2. The van der Waals surface area contributed by atoms with E-state index in [-0.39, 0.29) is 10.0 Å². The molecule has 14 heteroatoms. The zero-order chi connectivity index (χ0) is 25.4. The highest BCUT2D eigenvalue weighted by molar-refractivity contribution is 9.10. The minimum Gasteiger partial charge on any atom is -0.404 e. The Kier molecular flexibility index (Phi) is 7.24. The fourth-order valence-corrected chi connectivity index (χ4v) is 5.13. The maximum Gasteiger partial charge on any atom is 0.573 e. The average molecular weight is 568 g/mol. The smallest absolute Gasteiger partial charge is 0.404 e. The van der Waals surface area contributed by atoms with Gasteiger partial charge in [0.25, 0.3) is 0 Å². The quantitative estimate of drug-likeness (QED) is 0.403. The Labute approximate surface area is 199 Å². The number of nitrogens with zero attached hydrogens (tertiary/aromatic N) is 1. The first-order valence-corrected chi connectivity index (χ1v) is 11.9. The lowest BCUT2D eigenvalue weighted by molar-refractivity contribution is -0.275. The van der Waals surface area contributed by atoms with Crippen LogP contribution in [0.5, 0.6) is 5.75 Å². The van der Waals surface area contributed by atoms with Crippen molar-refractivity contribution in [3.05, 3.63) is 73.8 Å². The summed E-state index contributed by atoms with van der Waals surface area (Å²) in [5.74, 6) is -4.08. The van der Waals surface area contributed by atoms with Crippen LogP contribution < -0.4 is 15.2 Å². The van der Waals surface area contributed by atoms with E-state index in [9.17, 15) is 30.8 Å². The van der Waals surface area contributed by atoms with Crippen molar-refractivity contribution in [3.8, 4) is 5.75 Å². The Morgan fingerprint density at radius 2 is 1.88 bits per heavy atom. The summed E-state index contributed by atoms with van der Waals surface area (Å²) < 4.78 is 90.9. The largest absolute Gasteiger partial charge is 0.573 e. The van der Waals surface area contributed by atoms with E-state index in [1.165, 1.54) is 25.1 Å². The van der Waals surface area contributed by atoms with Crippen LogP contribution in [0.4, 0.5) is 17.6 Å². The van der Waals surface area contributed by atoms with Gasteiger partial charge in [-0.15, -0.1) is 18.3 Å². The van der Waals surface area contributed by atoms with Crippen LogP contribution in [0.1, 0.15) is 41.5 Å². The summed E-state index contributed by atoms with van der Waals surface area (Å²) in [5.41, 5.74) is 1.34. The van der Waals surface area contributed by atoms with E-state index >= 15 is 0 Å². The average Bonchev–Trinajstić information content (AvgIpc) is 3.14. The molecular formula is C20H18BrF4N3O5S. The van der Waals surface area contributed by atoms with E-state index in [1.807, 2.05) is 5.10 Å². The number of aryl methyl sites for hydroxylation is 1. The molecule has 34 heavy (non-hydrogen) atoms. The van der Waals surface area contributed by atoms with Crippen molar-refractivity contribution in [2.24, 2.45) is 0 Å². The van der Waals surface area contributed by atoms with Gasteiger partial charge in [0.2, 0.25) is 15.9 Å². The first kappa shape index (κ1) is 25.9. The van der Waals surface area contributed by atoms with Crippen LogP contribution in [-0.2, 0) is 10.0 Å². The first-order valence-electron chi connectivity index (χ1n) is 9.58. The monoisotopic (exact) mass is 567 g/mol. The molecule has 0 aliphatic heterocycles. The second-order valence-corrected chi connectivity index (χ2v) is 9.98. The summed E-state index contributed by atoms with van der Waals surface area (Å²) >= 11 is 2.97. The van der Waals surface area contributed by atoms with Crippen LogP contribution in [0.3, 0.4) is 0 Å². The molecular weight excluding hydrogens is 550 g/mol. The lowest BCUT2D eigenvalue weighted by Crippen LogP contribution is -2.33. The molecule has 0 amide bonds. The van der Waals surface area contributed by atoms with E-state index in [2.05, 4.69) is 30.5 Å². The third-order valence-electron chi connectivity index (χ3n) is 5.11. The predicted octanol–water partition coefficient (Wildman–Crippen LogP) is 4.60. The van der Waals surface area contributed by atoms with Gasteiger partial charge < -0.3 is 9.15 Å². The van der Waals surface area contributed by atoms with E-state index in [1.54, 1.807) is 13.8 Å². The topological polar surface area (TPSA) is 114 Å². The molecule has 2 atom stereocenters. The van der Waals surface area contributed by atoms with Crippen molar-refractivity contribution in [2.45, 2.75) is 44.0 Å². The highest BCUT2D eigenvalue weighted by atomic mass is 79.9. The number of benzene rings is 2. The van der Waals surface area contributed by atoms with Crippen LogP contribution in [0.2, 0.25) is 0 Å². The van der Waals surface area contributed by atoms with Crippen LogP contribution in [0.25, 0.3) is 0 Å².